The second-order valence-corrected chi connectivity index (χ2v) is 4.01. The van der Waals surface area contributed by atoms with Gasteiger partial charge in [-0.25, -0.2) is 9.97 Å². The molecule has 1 unspecified atom stereocenters. The summed E-state index contributed by atoms with van der Waals surface area (Å²) in [5.41, 5.74) is 2.86. The van der Waals surface area contributed by atoms with Crippen LogP contribution in [0, 0.1) is 13.8 Å². The van der Waals surface area contributed by atoms with Gasteiger partial charge in [0.05, 0.1) is 11.4 Å². The molecule has 2 aromatic heterocycles. The van der Waals surface area contributed by atoms with Crippen LogP contribution in [0.15, 0.2) is 24.5 Å². The summed E-state index contributed by atoms with van der Waals surface area (Å²) in [6.45, 7) is 3.88. The van der Waals surface area contributed by atoms with Gasteiger partial charge in [-0.05, 0) is 30.8 Å². The van der Waals surface area contributed by atoms with Crippen molar-refractivity contribution in [1.82, 2.24) is 15.0 Å². The van der Waals surface area contributed by atoms with Gasteiger partial charge < -0.3 is 0 Å². The van der Waals surface area contributed by atoms with E-state index < -0.39 is 0 Å². The van der Waals surface area contributed by atoms with Gasteiger partial charge in [0.1, 0.15) is 5.82 Å². The highest BCUT2D eigenvalue weighted by Crippen LogP contribution is 2.17. The Morgan fingerprint density at radius 1 is 1.13 bits per heavy atom. The third kappa shape index (κ3) is 2.02. The molecule has 0 bridgehead atoms. The van der Waals surface area contributed by atoms with Crippen LogP contribution in [0.25, 0.3) is 11.4 Å². The van der Waals surface area contributed by atoms with Gasteiger partial charge in [-0.3, -0.25) is 4.98 Å². The predicted molar refractivity (Wildman–Crippen MR) is 64.1 cm³/mol. The molecule has 0 aromatic carbocycles. The molecule has 0 aliphatic rings. The zero-order valence-electron chi connectivity index (χ0n) is 8.73. The highest BCUT2D eigenvalue weighted by molar-refractivity contribution is 7.27. The molecule has 0 radical (unpaired) electrons. The average molecular weight is 217 g/mol. The van der Waals surface area contributed by atoms with E-state index >= 15 is 0 Å². The van der Waals surface area contributed by atoms with E-state index in [0.29, 0.717) is 0 Å². The summed E-state index contributed by atoms with van der Waals surface area (Å²) < 4.78 is 0. The van der Waals surface area contributed by atoms with E-state index in [1.54, 1.807) is 6.20 Å². The molecule has 1 atom stereocenters. The fraction of sp³-hybridized carbons (Fsp3) is 0.182. The van der Waals surface area contributed by atoms with Gasteiger partial charge in [0.25, 0.3) is 0 Å². The lowest BCUT2D eigenvalue weighted by Crippen LogP contribution is -2.04. The van der Waals surface area contributed by atoms with E-state index in [1.807, 2.05) is 32.2 Å². The summed E-state index contributed by atoms with van der Waals surface area (Å²) >= 11 is 0. The number of hydrogen-bond donors (Lipinski definition) is 0. The van der Waals surface area contributed by atoms with E-state index in [1.165, 1.54) is 0 Å². The van der Waals surface area contributed by atoms with Crippen molar-refractivity contribution < 1.29 is 0 Å². The van der Waals surface area contributed by atoms with Crippen molar-refractivity contribution in [2.24, 2.45) is 0 Å². The summed E-state index contributed by atoms with van der Waals surface area (Å²) in [7, 11) is 2.68. The van der Waals surface area contributed by atoms with Crippen LogP contribution in [0.3, 0.4) is 0 Å². The van der Waals surface area contributed by atoms with Crippen molar-refractivity contribution in [3.05, 3.63) is 35.9 Å². The van der Waals surface area contributed by atoms with Crippen LogP contribution >= 0.6 is 9.24 Å². The van der Waals surface area contributed by atoms with Gasteiger partial charge in [-0.1, -0.05) is 6.07 Å². The van der Waals surface area contributed by atoms with Gasteiger partial charge in [-0.2, -0.15) is 0 Å². The topological polar surface area (TPSA) is 38.7 Å². The molecule has 0 spiro atoms. The summed E-state index contributed by atoms with van der Waals surface area (Å²) in [5.74, 6) is 0.769. The molecule has 2 aromatic rings. The van der Waals surface area contributed by atoms with Gasteiger partial charge in [0.2, 0.25) is 0 Å². The maximum Gasteiger partial charge on any atom is 0.125 e. The number of nitrogens with zero attached hydrogens (tertiary/aromatic N) is 3. The number of aromatic nitrogens is 3. The maximum atomic E-state index is 4.42. The Balaban J connectivity index is 2.64. The third-order valence-corrected chi connectivity index (χ3v) is 2.62. The Labute approximate surface area is 91.2 Å². The monoisotopic (exact) mass is 217 g/mol. The lowest BCUT2D eigenvalue weighted by molar-refractivity contribution is 1.03. The first-order valence-corrected chi connectivity index (χ1v) is 5.27. The second-order valence-electron chi connectivity index (χ2n) is 3.39. The molecule has 0 amide bonds. The molecule has 2 rings (SSSR count). The van der Waals surface area contributed by atoms with Crippen molar-refractivity contribution in [3.63, 3.8) is 0 Å². The van der Waals surface area contributed by atoms with E-state index in [2.05, 4.69) is 24.2 Å². The van der Waals surface area contributed by atoms with Crippen molar-refractivity contribution in [3.8, 4) is 11.4 Å². The Bertz CT molecular complexity index is 497. The van der Waals surface area contributed by atoms with Crippen LogP contribution in [0.4, 0.5) is 0 Å². The summed E-state index contributed by atoms with van der Waals surface area (Å²) in [4.78, 5) is 12.9. The van der Waals surface area contributed by atoms with Crippen molar-refractivity contribution >= 4 is 14.5 Å². The Morgan fingerprint density at radius 2 is 1.93 bits per heavy atom. The van der Waals surface area contributed by atoms with Crippen LogP contribution in [-0.4, -0.2) is 15.0 Å². The lowest BCUT2D eigenvalue weighted by Gasteiger charge is -2.06. The summed E-state index contributed by atoms with van der Waals surface area (Å²) in [6.07, 6.45) is 3.61. The van der Waals surface area contributed by atoms with Gasteiger partial charge in [-0.15, -0.1) is 9.24 Å². The normalized spacial score (nSPS) is 10.3. The Hall–Kier alpha value is -1.34. The first-order valence-electron chi connectivity index (χ1n) is 4.69. The second kappa shape index (κ2) is 4.03. The number of pyridine rings is 1. The minimum absolute atomic E-state index is 0.769. The first kappa shape index (κ1) is 10.2. The molecular weight excluding hydrogens is 205 g/mol. The zero-order chi connectivity index (χ0) is 10.8. The molecular formula is C11H12N3P. The van der Waals surface area contributed by atoms with Crippen LogP contribution < -0.4 is 5.30 Å². The molecule has 0 aliphatic heterocycles. The first-order chi connectivity index (χ1) is 7.18. The van der Waals surface area contributed by atoms with Crippen LogP contribution in [0.2, 0.25) is 0 Å². The quantitative estimate of drug-likeness (QED) is 0.682. The highest BCUT2D eigenvalue weighted by atomic mass is 31.0. The standard InChI is InChI=1S/C11H12N3P/c1-7-6-13-8(2)14-10(7)11-9(15)4-3-5-12-11/h3-6H,15H2,1-2H3. The molecule has 76 valence electrons. The van der Waals surface area contributed by atoms with Gasteiger partial charge in [0.15, 0.2) is 0 Å². The molecule has 4 heteroatoms. The van der Waals surface area contributed by atoms with Crippen LogP contribution in [-0.2, 0) is 0 Å². The predicted octanol–water partition coefficient (Wildman–Crippen LogP) is 1.66. The summed E-state index contributed by atoms with van der Waals surface area (Å²) in [5, 5.41) is 1.05. The van der Waals surface area contributed by atoms with E-state index in [-0.39, 0.29) is 0 Å². The fourth-order valence-corrected chi connectivity index (χ4v) is 1.71. The molecule has 3 nitrogen and oxygen atoms in total. The molecule has 0 fully saturated rings. The number of aryl methyl sites for hydroxylation is 2. The minimum Gasteiger partial charge on any atom is -0.254 e. The maximum absolute atomic E-state index is 4.42. The van der Waals surface area contributed by atoms with E-state index in [0.717, 1.165) is 28.1 Å². The Kier molecular flexibility index (Phi) is 2.74. The molecule has 0 saturated heterocycles. The van der Waals surface area contributed by atoms with Gasteiger partial charge >= 0.3 is 0 Å². The zero-order valence-corrected chi connectivity index (χ0v) is 9.88. The lowest BCUT2D eigenvalue weighted by atomic mass is 10.2. The van der Waals surface area contributed by atoms with E-state index in [4.69, 9.17) is 0 Å². The van der Waals surface area contributed by atoms with Crippen molar-refractivity contribution in [1.29, 1.82) is 0 Å². The Morgan fingerprint density at radius 3 is 2.67 bits per heavy atom. The average Bonchev–Trinajstić information content (AvgIpc) is 2.23. The van der Waals surface area contributed by atoms with Crippen LogP contribution in [0.5, 0.6) is 0 Å². The van der Waals surface area contributed by atoms with Crippen LogP contribution in [0.1, 0.15) is 11.4 Å². The van der Waals surface area contributed by atoms with Gasteiger partial charge in [0, 0.05) is 12.4 Å². The number of rotatable bonds is 1. The molecule has 2 heterocycles. The minimum atomic E-state index is 0.769. The number of hydrogen-bond acceptors (Lipinski definition) is 3. The largest absolute Gasteiger partial charge is 0.254 e. The molecule has 15 heavy (non-hydrogen) atoms. The summed E-state index contributed by atoms with van der Waals surface area (Å²) in [6, 6.07) is 3.92. The SMILES string of the molecule is Cc1ncc(C)c(-c2ncccc2P)n1. The van der Waals surface area contributed by atoms with Crippen molar-refractivity contribution in [2.75, 3.05) is 0 Å². The fourth-order valence-electron chi connectivity index (χ4n) is 1.39. The van der Waals surface area contributed by atoms with Crippen molar-refractivity contribution in [2.45, 2.75) is 13.8 Å². The smallest absolute Gasteiger partial charge is 0.125 e. The molecule has 0 saturated carbocycles. The van der Waals surface area contributed by atoms with E-state index in [9.17, 15) is 0 Å². The third-order valence-electron chi connectivity index (χ3n) is 2.16. The molecule has 0 N–H and O–H groups in total. The molecule has 0 aliphatic carbocycles. The highest BCUT2D eigenvalue weighted by Gasteiger charge is 2.08.